The Morgan fingerprint density at radius 2 is 1.45 bits per heavy atom. The largest absolute Gasteiger partial charge is 0.497 e. The molecule has 2 heterocycles. The van der Waals surface area contributed by atoms with E-state index in [9.17, 15) is 5.26 Å². The van der Waals surface area contributed by atoms with Gasteiger partial charge < -0.3 is 32.9 Å². The van der Waals surface area contributed by atoms with E-state index < -0.39 is 32.4 Å². The summed E-state index contributed by atoms with van der Waals surface area (Å²) in [7, 11) is 5.59. The molecule has 0 amide bonds. The molecule has 4 aromatic rings. The molecule has 1 fully saturated rings. The molecule has 3 aromatic carbocycles. The predicted octanol–water partition coefficient (Wildman–Crippen LogP) is 8.61. The summed E-state index contributed by atoms with van der Waals surface area (Å²) in [5, 5.41) is 9.35. The summed E-state index contributed by atoms with van der Waals surface area (Å²) in [5.74, 6) is 2.64. The Morgan fingerprint density at radius 1 is 0.893 bits per heavy atom. The molecule has 1 aliphatic rings. The lowest BCUT2D eigenvalue weighted by Gasteiger charge is -2.39. The maximum atomic E-state index is 9.35. The zero-order chi connectivity index (χ0) is 40.2. The second-order valence-electron chi connectivity index (χ2n) is 14.3. The van der Waals surface area contributed by atoms with E-state index in [0.717, 1.165) is 39.6 Å². The summed E-state index contributed by atoms with van der Waals surface area (Å²) < 4.78 is 40.9. The lowest BCUT2D eigenvalue weighted by molar-refractivity contribution is -0.0807. The van der Waals surface area contributed by atoms with Crippen LogP contribution in [-0.4, -0.2) is 91.2 Å². The van der Waals surface area contributed by atoms with Crippen molar-refractivity contribution in [3.63, 3.8) is 0 Å². The number of rotatable bonds is 18. The SMILES string of the molecule is COc1ccc(C(OC[C@H]2O[C@@H](c3cnc(/N=C(/C)N(C)C)nc3)C[C@@H]2OP(OCCC#N)N(C(C)C)C(C)C)(c2ccccc2)c2ccc(OC)cc2)cc1. The van der Waals surface area contributed by atoms with Gasteiger partial charge in [0.05, 0.1) is 52.1 Å². The number of nitrogens with zero attached hydrogens (tertiary/aromatic N) is 6. The summed E-state index contributed by atoms with van der Waals surface area (Å²) in [5.41, 5.74) is 2.50. The number of nitriles is 1. The van der Waals surface area contributed by atoms with Crippen molar-refractivity contribution in [1.82, 2.24) is 19.5 Å². The van der Waals surface area contributed by atoms with Crippen LogP contribution in [0.3, 0.4) is 0 Å². The molecule has 0 spiro atoms. The van der Waals surface area contributed by atoms with Gasteiger partial charge in [-0.25, -0.2) is 14.6 Å². The number of aromatic nitrogens is 2. The average Bonchev–Trinajstić information content (AvgIpc) is 3.61. The Balaban J connectivity index is 1.57. The minimum Gasteiger partial charge on any atom is -0.497 e. The predicted molar refractivity (Wildman–Crippen MR) is 219 cm³/mol. The van der Waals surface area contributed by atoms with Crippen LogP contribution in [-0.2, 0) is 24.1 Å². The van der Waals surface area contributed by atoms with Crippen molar-refractivity contribution in [2.45, 2.75) is 83.5 Å². The van der Waals surface area contributed by atoms with Gasteiger partial charge in [-0.1, -0.05) is 54.6 Å². The number of hydrogen-bond donors (Lipinski definition) is 0. The van der Waals surface area contributed by atoms with E-state index in [1.54, 1.807) is 26.6 Å². The van der Waals surface area contributed by atoms with Gasteiger partial charge in [-0.3, -0.25) is 0 Å². The monoisotopic (exact) mass is 782 g/mol. The highest BCUT2D eigenvalue weighted by Crippen LogP contribution is 2.51. The summed E-state index contributed by atoms with van der Waals surface area (Å²) in [6, 6.07) is 28.5. The first-order valence-electron chi connectivity index (χ1n) is 18.9. The fraction of sp³-hybridized carbons (Fsp3) is 0.442. The second-order valence-corrected chi connectivity index (χ2v) is 15.7. The second kappa shape index (κ2) is 20.1. The molecule has 12 nitrogen and oxygen atoms in total. The van der Waals surface area contributed by atoms with Crippen molar-refractivity contribution in [1.29, 1.82) is 5.26 Å². The Bertz CT molecular complexity index is 1820. The third-order valence-electron chi connectivity index (χ3n) is 9.66. The number of methoxy groups -OCH3 is 2. The van der Waals surface area contributed by atoms with Gasteiger partial charge in [0, 0.05) is 50.6 Å². The molecule has 4 atom stereocenters. The molecule has 5 rings (SSSR count). The maximum Gasteiger partial charge on any atom is 0.259 e. The summed E-state index contributed by atoms with van der Waals surface area (Å²) in [6.07, 6.45) is 2.93. The van der Waals surface area contributed by atoms with Gasteiger partial charge in [0.15, 0.2) is 0 Å². The van der Waals surface area contributed by atoms with Crippen LogP contribution in [0.2, 0.25) is 0 Å². The van der Waals surface area contributed by atoms with E-state index in [2.05, 4.69) is 65.5 Å². The lowest BCUT2D eigenvalue weighted by Crippen LogP contribution is -2.39. The zero-order valence-electron chi connectivity index (χ0n) is 34.0. The van der Waals surface area contributed by atoms with Crippen molar-refractivity contribution in [3.05, 3.63) is 114 Å². The maximum absolute atomic E-state index is 9.35. The molecule has 56 heavy (non-hydrogen) atoms. The van der Waals surface area contributed by atoms with Crippen LogP contribution in [0.4, 0.5) is 5.95 Å². The van der Waals surface area contributed by atoms with Crippen LogP contribution >= 0.6 is 8.53 Å². The van der Waals surface area contributed by atoms with E-state index in [1.165, 1.54) is 0 Å². The number of benzene rings is 3. The first kappa shape index (κ1) is 42.7. The zero-order valence-corrected chi connectivity index (χ0v) is 34.8. The van der Waals surface area contributed by atoms with Gasteiger partial charge in [0.2, 0.25) is 0 Å². The molecule has 1 saturated heterocycles. The fourth-order valence-electron chi connectivity index (χ4n) is 6.68. The van der Waals surface area contributed by atoms with E-state index >= 15 is 0 Å². The van der Waals surface area contributed by atoms with Gasteiger partial charge in [-0.15, -0.1) is 0 Å². The van der Waals surface area contributed by atoms with Gasteiger partial charge in [-0.2, -0.15) is 10.3 Å². The minimum absolute atomic E-state index is 0.124. The Labute approximate surface area is 333 Å². The highest BCUT2D eigenvalue weighted by molar-refractivity contribution is 7.44. The fourth-order valence-corrected chi connectivity index (χ4v) is 8.44. The quantitative estimate of drug-likeness (QED) is 0.0317. The van der Waals surface area contributed by atoms with Crippen LogP contribution in [0.5, 0.6) is 11.5 Å². The van der Waals surface area contributed by atoms with Crippen LogP contribution in [0, 0.1) is 11.3 Å². The summed E-state index contributed by atoms with van der Waals surface area (Å²) >= 11 is 0. The lowest BCUT2D eigenvalue weighted by atomic mass is 9.80. The Kier molecular flexibility index (Phi) is 15.3. The van der Waals surface area contributed by atoms with Gasteiger partial charge >= 0.3 is 0 Å². The van der Waals surface area contributed by atoms with Crippen molar-refractivity contribution in [2.75, 3.05) is 41.5 Å². The van der Waals surface area contributed by atoms with Crippen LogP contribution in [0.15, 0.2) is 96.2 Å². The molecule has 1 aliphatic heterocycles. The molecular formula is C43H55N6O6P. The minimum atomic E-state index is -1.58. The Morgan fingerprint density at radius 3 is 1.95 bits per heavy atom. The van der Waals surface area contributed by atoms with Gasteiger partial charge in [0.1, 0.15) is 29.0 Å². The normalized spacial score (nSPS) is 18.0. The molecule has 298 valence electrons. The Hall–Kier alpha value is -4.47. The number of hydrogen-bond acceptors (Lipinski definition) is 11. The average molecular weight is 783 g/mol. The van der Waals surface area contributed by atoms with Gasteiger partial charge in [0.25, 0.3) is 14.5 Å². The molecular weight excluding hydrogens is 727 g/mol. The highest BCUT2D eigenvalue weighted by Gasteiger charge is 2.45. The van der Waals surface area contributed by atoms with Crippen molar-refractivity contribution < 1.29 is 28.0 Å². The van der Waals surface area contributed by atoms with E-state index in [0.29, 0.717) is 12.4 Å². The standard InChI is InChI=1S/C43H55N6O6P/c1-30(2)49(31(3)4)56(53-25-13-24-44)55-40-26-39(33-27-45-42(46-28-33)47-32(5)48(6)7)54-41(40)29-52-43(34-14-11-10-12-15-34,35-16-20-37(50-8)21-17-35)36-18-22-38(51-9)23-19-36/h10-12,14-23,27-28,30-31,39-41H,13,25-26,29H2,1-9H3/b47-32-/t39-,40+,41-,56?/m1/s1. The number of aliphatic imine (C=N–C) groups is 1. The van der Waals surface area contributed by atoms with Crippen LogP contribution < -0.4 is 9.47 Å². The van der Waals surface area contributed by atoms with Crippen LogP contribution in [0.1, 0.15) is 75.8 Å². The first-order valence-corrected chi connectivity index (χ1v) is 20.1. The first-order chi connectivity index (χ1) is 27.0. The molecule has 0 radical (unpaired) electrons. The van der Waals surface area contributed by atoms with Crippen molar-refractivity contribution >= 4 is 20.3 Å². The number of amidine groups is 1. The van der Waals surface area contributed by atoms with E-state index in [4.69, 9.17) is 28.0 Å². The topological polar surface area (TPSA) is 124 Å². The molecule has 1 unspecified atom stereocenters. The molecule has 0 N–H and O–H groups in total. The number of ether oxygens (including phenoxy) is 4. The van der Waals surface area contributed by atoms with E-state index in [-0.39, 0.29) is 31.7 Å². The van der Waals surface area contributed by atoms with Crippen molar-refractivity contribution in [3.8, 4) is 17.6 Å². The molecule has 1 aromatic heterocycles. The summed E-state index contributed by atoms with van der Waals surface area (Å²) in [6.45, 7) is 10.8. The molecule has 13 heteroatoms. The molecule has 0 bridgehead atoms. The summed E-state index contributed by atoms with van der Waals surface area (Å²) in [4.78, 5) is 15.5. The highest BCUT2D eigenvalue weighted by atomic mass is 31.2. The third-order valence-corrected chi connectivity index (χ3v) is 11.8. The van der Waals surface area contributed by atoms with Gasteiger partial charge in [-0.05, 0) is 75.6 Å². The van der Waals surface area contributed by atoms with Crippen molar-refractivity contribution in [2.24, 2.45) is 4.99 Å². The third kappa shape index (κ3) is 10.3. The van der Waals surface area contributed by atoms with Crippen LogP contribution in [0.25, 0.3) is 0 Å². The smallest absolute Gasteiger partial charge is 0.259 e. The molecule has 0 aliphatic carbocycles. The molecule has 0 saturated carbocycles. The van der Waals surface area contributed by atoms with E-state index in [1.807, 2.05) is 92.6 Å².